The molecule has 1 fully saturated rings. The molecule has 1 N–H and O–H groups in total. The van der Waals surface area contributed by atoms with E-state index >= 15 is 0 Å². The number of aromatic nitrogens is 2. The molecular formula is C22H27N5S2. The third kappa shape index (κ3) is 3.83. The van der Waals surface area contributed by atoms with E-state index in [0.29, 0.717) is 0 Å². The number of benzene rings is 1. The first kappa shape index (κ1) is 19.2. The summed E-state index contributed by atoms with van der Waals surface area (Å²) in [6, 6.07) is 8.81. The van der Waals surface area contributed by atoms with Gasteiger partial charge in [-0.1, -0.05) is 11.8 Å². The van der Waals surface area contributed by atoms with Crippen molar-refractivity contribution in [3.05, 3.63) is 34.7 Å². The highest BCUT2D eigenvalue weighted by molar-refractivity contribution is 7.98. The Hall–Kier alpha value is -1.83. The Morgan fingerprint density at radius 2 is 1.76 bits per heavy atom. The van der Waals surface area contributed by atoms with Crippen LogP contribution in [0, 0.1) is 0 Å². The maximum Gasteiger partial charge on any atom is 0.190 e. The highest BCUT2D eigenvalue weighted by atomic mass is 32.2. The maximum absolute atomic E-state index is 4.85. The topological polar surface area (TPSA) is 44.3 Å². The number of thiophene rings is 1. The zero-order chi connectivity index (χ0) is 19.8. The highest BCUT2D eigenvalue weighted by Crippen LogP contribution is 2.40. The van der Waals surface area contributed by atoms with E-state index in [9.17, 15) is 0 Å². The molecule has 0 radical (unpaired) electrons. The summed E-state index contributed by atoms with van der Waals surface area (Å²) in [6.45, 7) is 4.43. The van der Waals surface area contributed by atoms with Crippen molar-refractivity contribution < 1.29 is 0 Å². The molecule has 1 aliphatic heterocycles. The van der Waals surface area contributed by atoms with E-state index < -0.39 is 0 Å². The molecule has 0 amide bonds. The predicted octanol–water partition coefficient (Wildman–Crippen LogP) is 4.79. The van der Waals surface area contributed by atoms with Gasteiger partial charge in [-0.05, 0) is 68.8 Å². The third-order valence-electron chi connectivity index (χ3n) is 5.98. The van der Waals surface area contributed by atoms with Gasteiger partial charge in [0.25, 0.3) is 0 Å². The number of fused-ring (bicyclic) bond motifs is 3. The Balaban J connectivity index is 1.44. The number of rotatable bonds is 4. The quantitative estimate of drug-likeness (QED) is 0.479. The molecule has 3 heterocycles. The molecule has 1 aliphatic carbocycles. The molecule has 5 rings (SSSR count). The van der Waals surface area contributed by atoms with Crippen molar-refractivity contribution in [2.45, 2.75) is 30.8 Å². The Kier molecular flexibility index (Phi) is 5.37. The molecule has 1 saturated heterocycles. The zero-order valence-corrected chi connectivity index (χ0v) is 18.7. The van der Waals surface area contributed by atoms with Crippen LogP contribution in [0.1, 0.15) is 23.3 Å². The molecule has 29 heavy (non-hydrogen) atoms. The average Bonchev–Trinajstić information content (AvgIpc) is 3.13. The molecule has 5 nitrogen and oxygen atoms in total. The van der Waals surface area contributed by atoms with Gasteiger partial charge in [0, 0.05) is 42.4 Å². The van der Waals surface area contributed by atoms with E-state index in [1.54, 1.807) is 11.8 Å². The van der Waals surface area contributed by atoms with E-state index in [2.05, 4.69) is 46.4 Å². The summed E-state index contributed by atoms with van der Waals surface area (Å²) in [5.41, 5.74) is 3.86. The van der Waals surface area contributed by atoms with Crippen molar-refractivity contribution in [1.82, 2.24) is 14.9 Å². The summed E-state index contributed by atoms with van der Waals surface area (Å²) in [5.74, 6) is 0.964. The molecule has 3 aromatic rings. The maximum atomic E-state index is 4.85. The second kappa shape index (κ2) is 8.13. The first-order valence-corrected chi connectivity index (χ1v) is 12.4. The predicted molar refractivity (Wildman–Crippen MR) is 125 cm³/mol. The van der Waals surface area contributed by atoms with Crippen LogP contribution in [-0.4, -0.2) is 54.4 Å². The van der Waals surface area contributed by atoms with Crippen molar-refractivity contribution in [2.75, 3.05) is 49.7 Å². The van der Waals surface area contributed by atoms with Crippen LogP contribution < -0.4 is 10.2 Å². The minimum atomic E-state index is 0.840. The minimum Gasteiger partial charge on any atom is -0.369 e. The smallest absolute Gasteiger partial charge is 0.190 e. The second-order valence-electron chi connectivity index (χ2n) is 7.91. The largest absolute Gasteiger partial charge is 0.369 e. The number of hydrogen-bond donors (Lipinski definition) is 1. The van der Waals surface area contributed by atoms with E-state index in [0.717, 1.165) is 54.1 Å². The SMILES string of the molecule is CSc1nc(Nc2ccc(N3CCN(C)CC3)cc2)c2c3c(sc2n1)CCCC3. The number of nitrogens with one attached hydrogen (secondary N) is 1. The molecule has 0 spiro atoms. The number of hydrogen-bond acceptors (Lipinski definition) is 7. The van der Waals surface area contributed by atoms with Gasteiger partial charge >= 0.3 is 0 Å². The Labute approximate surface area is 180 Å². The normalized spacial score (nSPS) is 17.5. The molecule has 2 aliphatic rings. The van der Waals surface area contributed by atoms with Crippen LogP contribution in [0.2, 0.25) is 0 Å². The number of aryl methyl sites for hydroxylation is 2. The lowest BCUT2D eigenvalue weighted by Crippen LogP contribution is -2.44. The standard InChI is InChI=1S/C22H27N5S2/c1-26-11-13-27(14-12-26)16-9-7-15(8-10-16)23-20-19-17-5-3-4-6-18(17)29-21(19)25-22(24-20)28-2/h7-10H,3-6,11-14H2,1-2H3,(H,23,24,25). The van der Waals surface area contributed by atoms with E-state index in [1.165, 1.54) is 40.8 Å². The molecule has 152 valence electrons. The fourth-order valence-corrected chi connectivity index (χ4v) is 5.96. The van der Waals surface area contributed by atoms with Gasteiger partial charge in [0.1, 0.15) is 10.6 Å². The molecule has 0 saturated carbocycles. The number of piperazine rings is 1. The van der Waals surface area contributed by atoms with Crippen LogP contribution in [0.4, 0.5) is 17.2 Å². The van der Waals surface area contributed by atoms with Gasteiger partial charge in [0.05, 0.1) is 5.39 Å². The number of likely N-dealkylation sites (N-methyl/N-ethyl adjacent to an activating group) is 1. The van der Waals surface area contributed by atoms with E-state index in [-0.39, 0.29) is 0 Å². The van der Waals surface area contributed by atoms with E-state index in [4.69, 9.17) is 9.97 Å². The Morgan fingerprint density at radius 3 is 2.52 bits per heavy atom. The fourth-order valence-electron chi connectivity index (χ4n) is 4.28. The molecule has 0 atom stereocenters. The molecule has 2 aromatic heterocycles. The molecule has 0 unspecified atom stereocenters. The lowest BCUT2D eigenvalue weighted by atomic mass is 9.97. The monoisotopic (exact) mass is 425 g/mol. The Bertz CT molecular complexity index is 1010. The van der Waals surface area contributed by atoms with Gasteiger partial charge in [-0.15, -0.1) is 11.3 Å². The van der Waals surface area contributed by atoms with Crippen molar-refractivity contribution in [3.63, 3.8) is 0 Å². The van der Waals surface area contributed by atoms with Crippen LogP contribution in [0.5, 0.6) is 0 Å². The first-order valence-electron chi connectivity index (χ1n) is 10.4. The van der Waals surface area contributed by atoms with Crippen LogP contribution >= 0.6 is 23.1 Å². The summed E-state index contributed by atoms with van der Waals surface area (Å²) in [5, 5.41) is 5.69. The lowest BCUT2D eigenvalue weighted by molar-refractivity contribution is 0.313. The number of thioether (sulfide) groups is 1. The summed E-state index contributed by atoms with van der Waals surface area (Å²) in [6.07, 6.45) is 6.93. The summed E-state index contributed by atoms with van der Waals surface area (Å²) < 4.78 is 0. The molecular weight excluding hydrogens is 398 g/mol. The van der Waals surface area contributed by atoms with E-state index in [1.807, 2.05) is 17.6 Å². The van der Waals surface area contributed by atoms with Crippen LogP contribution in [-0.2, 0) is 12.8 Å². The van der Waals surface area contributed by atoms with Crippen LogP contribution in [0.25, 0.3) is 10.2 Å². The fraction of sp³-hybridized carbons (Fsp3) is 0.455. The highest BCUT2D eigenvalue weighted by Gasteiger charge is 2.21. The van der Waals surface area contributed by atoms with Crippen molar-refractivity contribution in [2.24, 2.45) is 0 Å². The van der Waals surface area contributed by atoms with Gasteiger partial charge < -0.3 is 15.1 Å². The van der Waals surface area contributed by atoms with Gasteiger partial charge in [-0.25, -0.2) is 9.97 Å². The zero-order valence-electron chi connectivity index (χ0n) is 17.1. The Morgan fingerprint density at radius 1 is 1.00 bits per heavy atom. The second-order valence-corrected chi connectivity index (χ2v) is 9.77. The van der Waals surface area contributed by atoms with Crippen molar-refractivity contribution in [3.8, 4) is 0 Å². The summed E-state index contributed by atoms with van der Waals surface area (Å²) in [7, 11) is 2.19. The van der Waals surface area contributed by atoms with Gasteiger partial charge in [0.15, 0.2) is 5.16 Å². The van der Waals surface area contributed by atoms with Gasteiger partial charge in [-0.2, -0.15) is 0 Å². The van der Waals surface area contributed by atoms with Crippen LogP contribution in [0.3, 0.4) is 0 Å². The number of anilines is 3. The van der Waals surface area contributed by atoms with Gasteiger partial charge in [0.2, 0.25) is 0 Å². The average molecular weight is 426 g/mol. The van der Waals surface area contributed by atoms with Crippen LogP contribution in [0.15, 0.2) is 29.4 Å². The third-order valence-corrected chi connectivity index (χ3v) is 7.71. The number of nitrogens with zero attached hydrogens (tertiary/aromatic N) is 4. The van der Waals surface area contributed by atoms with Crippen molar-refractivity contribution >= 4 is 50.5 Å². The molecule has 7 heteroatoms. The van der Waals surface area contributed by atoms with Crippen molar-refractivity contribution in [1.29, 1.82) is 0 Å². The summed E-state index contributed by atoms with van der Waals surface area (Å²) >= 11 is 3.47. The first-order chi connectivity index (χ1) is 14.2. The molecule has 1 aromatic carbocycles. The minimum absolute atomic E-state index is 0.840. The summed E-state index contributed by atoms with van der Waals surface area (Å²) in [4.78, 5) is 17.1. The van der Waals surface area contributed by atoms with Gasteiger partial charge in [-0.3, -0.25) is 0 Å². The lowest BCUT2D eigenvalue weighted by Gasteiger charge is -2.34. The molecule has 0 bridgehead atoms.